The maximum Gasteiger partial charge on any atom is 0.256 e. The number of thioether (sulfide) groups is 1. The number of hydrogen-bond acceptors (Lipinski definition) is 5. The fourth-order valence-electron chi connectivity index (χ4n) is 3.18. The number of pyridine rings is 2. The number of ether oxygens (including phenoxy) is 1. The Hall–Kier alpha value is -2.60. The van der Waals surface area contributed by atoms with Crippen molar-refractivity contribution in [1.29, 1.82) is 0 Å². The third-order valence-electron chi connectivity index (χ3n) is 4.49. The van der Waals surface area contributed by atoms with Crippen molar-refractivity contribution in [2.75, 3.05) is 19.3 Å². The molecule has 0 spiro atoms. The molecular weight excluding hydrogens is 346 g/mol. The summed E-state index contributed by atoms with van der Waals surface area (Å²) in [5.41, 5.74) is 1.57. The van der Waals surface area contributed by atoms with Gasteiger partial charge in [0.05, 0.1) is 17.6 Å². The third kappa shape index (κ3) is 3.37. The molecule has 1 saturated heterocycles. The predicted octanol–water partition coefficient (Wildman–Crippen LogP) is 3.65. The Morgan fingerprint density at radius 1 is 1.19 bits per heavy atom. The molecule has 3 aromatic rings. The lowest BCUT2D eigenvalue weighted by molar-refractivity contribution is 0.0767. The summed E-state index contributed by atoms with van der Waals surface area (Å²) in [6, 6.07) is 15.5. The highest BCUT2D eigenvalue weighted by Gasteiger charge is 2.29. The summed E-state index contributed by atoms with van der Waals surface area (Å²) >= 11 is 1.49. The number of rotatable bonds is 4. The summed E-state index contributed by atoms with van der Waals surface area (Å²) in [5.74, 6) is 0.620. The smallest absolute Gasteiger partial charge is 0.256 e. The van der Waals surface area contributed by atoms with Crippen LogP contribution in [0.3, 0.4) is 0 Å². The molecule has 0 aliphatic carbocycles. The van der Waals surface area contributed by atoms with Crippen LogP contribution in [0.4, 0.5) is 0 Å². The molecular formula is C20H19N3O2S. The summed E-state index contributed by atoms with van der Waals surface area (Å²) in [5, 5.41) is 1.85. The maximum absolute atomic E-state index is 12.8. The van der Waals surface area contributed by atoms with Gasteiger partial charge in [-0.05, 0) is 30.5 Å². The molecule has 1 atom stereocenters. The van der Waals surface area contributed by atoms with Crippen LogP contribution in [0.5, 0.6) is 5.88 Å². The Kier molecular flexibility index (Phi) is 4.75. The number of benzene rings is 1. The first-order valence-electron chi connectivity index (χ1n) is 8.55. The van der Waals surface area contributed by atoms with E-state index in [1.807, 2.05) is 53.6 Å². The van der Waals surface area contributed by atoms with E-state index in [1.165, 1.54) is 11.8 Å². The Morgan fingerprint density at radius 3 is 2.96 bits per heavy atom. The minimum atomic E-state index is -0.0398. The molecule has 5 nitrogen and oxygen atoms in total. The SMILES string of the molecule is CSc1ncccc1C(=O)N1CC[C@H](Oc2ccc3ccccc3n2)C1. The molecule has 1 aromatic carbocycles. The van der Waals surface area contributed by atoms with Gasteiger partial charge in [0.2, 0.25) is 5.88 Å². The van der Waals surface area contributed by atoms with Gasteiger partial charge in [-0.2, -0.15) is 0 Å². The van der Waals surface area contributed by atoms with Crippen molar-refractivity contribution in [3.05, 3.63) is 60.3 Å². The largest absolute Gasteiger partial charge is 0.472 e. The highest BCUT2D eigenvalue weighted by molar-refractivity contribution is 7.98. The Morgan fingerprint density at radius 2 is 2.08 bits per heavy atom. The van der Waals surface area contributed by atoms with Gasteiger partial charge in [-0.1, -0.05) is 18.2 Å². The van der Waals surface area contributed by atoms with Gasteiger partial charge in [0.25, 0.3) is 5.91 Å². The summed E-state index contributed by atoms with van der Waals surface area (Å²) < 4.78 is 6.03. The first-order chi connectivity index (χ1) is 12.7. The number of hydrogen-bond donors (Lipinski definition) is 0. The summed E-state index contributed by atoms with van der Waals surface area (Å²) in [6.07, 6.45) is 4.40. The Bertz CT molecular complexity index is 947. The standard InChI is InChI=1S/C20H19N3O2S/c1-26-19-16(6-4-11-21-19)20(24)23-12-10-15(13-23)25-18-9-8-14-5-2-3-7-17(14)22-18/h2-9,11,15H,10,12-13H2,1H3/t15-/m0/s1. The zero-order chi connectivity index (χ0) is 17.9. The van der Waals surface area contributed by atoms with Crippen LogP contribution in [-0.2, 0) is 0 Å². The van der Waals surface area contributed by atoms with E-state index in [0.29, 0.717) is 24.5 Å². The number of carbonyl (C=O) groups is 1. The second-order valence-electron chi connectivity index (χ2n) is 6.18. The van der Waals surface area contributed by atoms with E-state index in [2.05, 4.69) is 9.97 Å². The lowest BCUT2D eigenvalue weighted by Gasteiger charge is -2.18. The summed E-state index contributed by atoms with van der Waals surface area (Å²) in [7, 11) is 0. The fourth-order valence-corrected chi connectivity index (χ4v) is 3.72. The van der Waals surface area contributed by atoms with E-state index in [0.717, 1.165) is 22.3 Å². The normalized spacial score (nSPS) is 16.8. The zero-order valence-electron chi connectivity index (χ0n) is 14.5. The highest BCUT2D eigenvalue weighted by Crippen LogP contribution is 2.23. The van der Waals surface area contributed by atoms with Crippen molar-refractivity contribution < 1.29 is 9.53 Å². The molecule has 0 bridgehead atoms. The van der Waals surface area contributed by atoms with Crippen molar-refractivity contribution in [2.24, 2.45) is 0 Å². The molecule has 1 aliphatic rings. The van der Waals surface area contributed by atoms with Crippen LogP contribution < -0.4 is 4.74 Å². The summed E-state index contributed by atoms with van der Waals surface area (Å²) in [4.78, 5) is 23.5. The van der Waals surface area contributed by atoms with Gasteiger partial charge in [-0.3, -0.25) is 4.79 Å². The number of carbonyl (C=O) groups excluding carboxylic acids is 1. The second kappa shape index (κ2) is 7.33. The lowest BCUT2D eigenvalue weighted by Crippen LogP contribution is -2.31. The first-order valence-corrected chi connectivity index (χ1v) is 9.78. The number of likely N-dealkylation sites (tertiary alicyclic amines) is 1. The molecule has 0 N–H and O–H groups in total. The molecule has 3 heterocycles. The van der Waals surface area contributed by atoms with E-state index in [1.54, 1.807) is 12.3 Å². The van der Waals surface area contributed by atoms with Crippen LogP contribution in [-0.4, -0.2) is 46.2 Å². The third-order valence-corrected chi connectivity index (χ3v) is 5.20. The molecule has 4 rings (SSSR count). The van der Waals surface area contributed by atoms with Gasteiger partial charge >= 0.3 is 0 Å². The van der Waals surface area contributed by atoms with Gasteiger partial charge in [-0.15, -0.1) is 11.8 Å². The fraction of sp³-hybridized carbons (Fsp3) is 0.250. The van der Waals surface area contributed by atoms with Gasteiger partial charge in [-0.25, -0.2) is 9.97 Å². The van der Waals surface area contributed by atoms with Gasteiger partial charge < -0.3 is 9.64 Å². The minimum absolute atomic E-state index is 0.0139. The van der Waals surface area contributed by atoms with Crippen LogP contribution in [0, 0.1) is 0 Å². The number of amides is 1. The van der Waals surface area contributed by atoms with Crippen molar-refractivity contribution in [3.8, 4) is 5.88 Å². The van der Waals surface area contributed by atoms with Crippen molar-refractivity contribution in [1.82, 2.24) is 14.9 Å². The average Bonchev–Trinajstić information content (AvgIpc) is 3.15. The van der Waals surface area contributed by atoms with Gasteiger partial charge in [0.1, 0.15) is 11.1 Å². The Labute approximate surface area is 156 Å². The summed E-state index contributed by atoms with van der Waals surface area (Å²) in [6.45, 7) is 1.25. The van der Waals surface area contributed by atoms with Crippen LogP contribution in [0.1, 0.15) is 16.8 Å². The molecule has 0 unspecified atom stereocenters. The minimum Gasteiger partial charge on any atom is -0.472 e. The van der Waals surface area contributed by atoms with Gasteiger partial charge in [0, 0.05) is 30.6 Å². The van der Waals surface area contributed by atoms with E-state index in [9.17, 15) is 4.79 Å². The number of aromatic nitrogens is 2. The molecule has 1 fully saturated rings. The van der Waals surface area contributed by atoms with E-state index in [-0.39, 0.29) is 12.0 Å². The van der Waals surface area contributed by atoms with E-state index in [4.69, 9.17) is 4.74 Å². The van der Waals surface area contributed by atoms with Crippen molar-refractivity contribution in [3.63, 3.8) is 0 Å². The van der Waals surface area contributed by atoms with Gasteiger partial charge in [0.15, 0.2) is 0 Å². The molecule has 26 heavy (non-hydrogen) atoms. The van der Waals surface area contributed by atoms with Crippen LogP contribution >= 0.6 is 11.8 Å². The first kappa shape index (κ1) is 16.8. The topological polar surface area (TPSA) is 55.3 Å². The highest BCUT2D eigenvalue weighted by atomic mass is 32.2. The van der Waals surface area contributed by atoms with Crippen LogP contribution in [0.15, 0.2) is 59.8 Å². The quantitative estimate of drug-likeness (QED) is 0.661. The average molecular weight is 365 g/mol. The molecule has 0 radical (unpaired) electrons. The molecule has 0 saturated carbocycles. The van der Waals surface area contributed by atoms with Crippen LogP contribution in [0.25, 0.3) is 10.9 Å². The molecule has 2 aromatic heterocycles. The number of fused-ring (bicyclic) bond motifs is 1. The molecule has 1 aliphatic heterocycles. The molecule has 1 amide bonds. The van der Waals surface area contributed by atoms with Crippen LogP contribution in [0.2, 0.25) is 0 Å². The van der Waals surface area contributed by atoms with E-state index >= 15 is 0 Å². The second-order valence-corrected chi connectivity index (χ2v) is 6.98. The zero-order valence-corrected chi connectivity index (χ0v) is 15.3. The van der Waals surface area contributed by atoms with Crippen molar-refractivity contribution >= 4 is 28.6 Å². The molecule has 132 valence electrons. The molecule has 6 heteroatoms. The number of nitrogens with zero attached hydrogens (tertiary/aromatic N) is 3. The van der Waals surface area contributed by atoms with Crippen molar-refractivity contribution in [2.45, 2.75) is 17.6 Å². The van der Waals surface area contributed by atoms with E-state index < -0.39 is 0 Å². The predicted molar refractivity (Wildman–Crippen MR) is 103 cm³/mol. The number of para-hydroxylation sites is 1. The monoisotopic (exact) mass is 365 g/mol. The lowest BCUT2D eigenvalue weighted by atomic mass is 10.2. The maximum atomic E-state index is 12.8. The Balaban J connectivity index is 1.45.